The van der Waals surface area contributed by atoms with E-state index in [2.05, 4.69) is 32.2 Å². The van der Waals surface area contributed by atoms with Crippen molar-refractivity contribution < 1.29 is 8.76 Å². The van der Waals surface area contributed by atoms with Crippen molar-refractivity contribution in [1.29, 1.82) is 0 Å². The smallest absolute Gasteiger partial charge is 0.349 e. The van der Waals surface area contributed by atoms with Crippen molar-refractivity contribution in [1.82, 2.24) is 15.1 Å². The van der Waals surface area contributed by atoms with Crippen LogP contribution < -0.4 is 14.9 Å². The Balaban J connectivity index is 1.67. The van der Waals surface area contributed by atoms with Gasteiger partial charge < -0.3 is 10.2 Å². The van der Waals surface area contributed by atoms with Gasteiger partial charge >= 0.3 is 10.4 Å². The summed E-state index contributed by atoms with van der Waals surface area (Å²) in [5, 5.41) is 7.88. The molecule has 0 aliphatic carbocycles. The monoisotopic (exact) mass is 494 g/mol. The number of hydrogen-bond donors (Lipinski definition) is 3. The van der Waals surface area contributed by atoms with Gasteiger partial charge in [-0.3, -0.25) is 4.68 Å². The Morgan fingerprint density at radius 1 is 1.09 bits per heavy atom. The van der Waals surface area contributed by atoms with Crippen LogP contribution in [0.2, 0.25) is 10.0 Å². The van der Waals surface area contributed by atoms with Crippen LogP contribution in [0.1, 0.15) is 11.4 Å². The Bertz CT molecular complexity index is 1180. The van der Waals surface area contributed by atoms with E-state index in [-0.39, 0.29) is 14.9 Å². The van der Waals surface area contributed by atoms with Crippen LogP contribution in [0.5, 0.6) is 0 Å². The van der Waals surface area contributed by atoms with Gasteiger partial charge in [-0.25, -0.2) is 0 Å². The van der Waals surface area contributed by atoms with E-state index in [1.807, 2.05) is 19.1 Å². The van der Waals surface area contributed by atoms with Gasteiger partial charge in [0.2, 0.25) is 0 Å². The van der Waals surface area contributed by atoms with Crippen LogP contribution in [0.15, 0.2) is 41.3 Å². The third kappa shape index (κ3) is 4.51. The van der Waals surface area contributed by atoms with E-state index in [9.17, 15) is 8.76 Å². The molecule has 3 N–H and O–H groups in total. The Morgan fingerprint density at radius 3 is 2.34 bits per heavy atom. The number of benzene rings is 2. The molecule has 2 heterocycles. The molecule has 1 saturated heterocycles. The first-order valence-electron chi connectivity index (χ1n) is 10.3. The van der Waals surface area contributed by atoms with Crippen molar-refractivity contribution in [2.45, 2.75) is 18.7 Å². The molecule has 170 valence electrons. The van der Waals surface area contributed by atoms with Crippen LogP contribution in [-0.4, -0.2) is 40.5 Å². The highest BCUT2D eigenvalue weighted by Gasteiger charge is 2.37. The molecule has 1 fully saturated rings. The number of rotatable bonds is 5. The van der Waals surface area contributed by atoms with Gasteiger partial charge in [0.25, 0.3) is 4.90 Å². The summed E-state index contributed by atoms with van der Waals surface area (Å²) in [4.78, 5) is 2.28. The number of aryl methyl sites for hydroxylation is 2. The van der Waals surface area contributed by atoms with Gasteiger partial charge in [0.15, 0.2) is 0 Å². The Labute approximate surface area is 199 Å². The summed E-state index contributed by atoms with van der Waals surface area (Å²) in [5.74, 6) is 0. The SMILES string of the molecule is Cc1nn(C)c(C)c1N[S+](=O)(O)c1c(Cl)cc(-c2cccc(N3CCNCC3)c2)cc1Cl. The van der Waals surface area contributed by atoms with Gasteiger partial charge in [0.1, 0.15) is 15.7 Å². The van der Waals surface area contributed by atoms with E-state index in [0.717, 1.165) is 48.7 Å². The lowest BCUT2D eigenvalue weighted by atomic mass is 10.0. The molecule has 4 rings (SSSR count). The fraction of sp³-hybridized carbons (Fsp3) is 0.318. The third-order valence-corrected chi connectivity index (χ3v) is 7.98. The second-order valence-electron chi connectivity index (χ2n) is 7.85. The van der Waals surface area contributed by atoms with Crippen LogP contribution >= 0.6 is 23.2 Å². The molecule has 0 saturated carbocycles. The summed E-state index contributed by atoms with van der Waals surface area (Å²) in [7, 11) is -1.99. The van der Waals surface area contributed by atoms with E-state index < -0.39 is 10.4 Å². The molecule has 10 heteroatoms. The molecule has 2 aromatic carbocycles. The molecular formula is C22H26Cl2N5O2S+. The van der Waals surface area contributed by atoms with E-state index >= 15 is 0 Å². The quantitative estimate of drug-likeness (QED) is 0.444. The summed E-state index contributed by atoms with van der Waals surface area (Å²) in [6.07, 6.45) is 0. The van der Waals surface area contributed by atoms with Crippen molar-refractivity contribution >= 4 is 45.0 Å². The second kappa shape index (κ2) is 9.03. The minimum Gasteiger partial charge on any atom is -0.369 e. The average Bonchev–Trinajstić information content (AvgIpc) is 2.99. The molecule has 1 aromatic heterocycles. The minimum atomic E-state index is -3.76. The maximum absolute atomic E-state index is 13.2. The molecule has 0 radical (unpaired) electrons. The van der Waals surface area contributed by atoms with Crippen LogP contribution in [-0.2, 0) is 21.7 Å². The van der Waals surface area contributed by atoms with Crippen molar-refractivity contribution in [3.8, 4) is 11.1 Å². The number of nitrogens with zero attached hydrogens (tertiary/aromatic N) is 3. The van der Waals surface area contributed by atoms with Gasteiger partial charge in [-0.15, -0.1) is 0 Å². The van der Waals surface area contributed by atoms with Gasteiger partial charge in [-0.05, 0) is 53.4 Å². The molecule has 7 nitrogen and oxygen atoms in total. The highest BCUT2D eigenvalue weighted by molar-refractivity contribution is 7.99. The number of nitrogens with one attached hydrogen (secondary N) is 2. The molecule has 1 aliphatic rings. The first-order valence-corrected chi connectivity index (χ1v) is 12.5. The fourth-order valence-corrected chi connectivity index (χ4v) is 6.34. The number of halogens is 2. The van der Waals surface area contributed by atoms with Crippen LogP contribution in [0.3, 0.4) is 0 Å². The highest BCUT2D eigenvalue weighted by atomic mass is 35.5. The maximum atomic E-state index is 13.2. The normalized spacial score (nSPS) is 16.1. The van der Waals surface area contributed by atoms with Crippen molar-refractivity contribution in [2.24, 2.45) is 7.05 Å². The Morgan fingerprint density at radius 2 is 1.75 bits per heavy atom. The predicted molar refractivity (Wildman–Crippen MR) is 132 cm³/mol. The molecule has 0 amide bonds. The van der Waals surface area contributed by atoms with Crippen molar-refractivity contribution in [2.75, 3.05) is 35.8 Å². The first kappa shape index (κ1) is 23.1. The van der Waals surface area contributed by atoms with E-state index in [4.69, 9.17) is 23.2 Å². The maximum Gasteiger partial charge on any atom is 0.349 e. The van der Waals surface area contributed by atoms with Gasteiger partial charge in [-0.1, -0.05) is 35.3 Å². The van der Waals surface area contributed by atoms with Crippen molar-refractivity contribution in [3.05, 3.63) is 57.8 Å². The zero-order valence-electron chi connectivity index (χ0n) is 18.2. The molecule has 1 aliphatic heterocycles. The zero-order chi connectivity index (χ0) is 23.0. The summed E-state index contributed by atoms with van der Waals surface area (Å²) in [5.41, 5.74) is 4.67. The summed E-state index contributed by atoms with van der Waals surface area (Å²) in [6.45, 7) is 7.36. The van der Waals surface area contributed by atoms with Crippen LogP contribution in [0, 0.1) is 13.8 Å². The molecule has 1 atom stereocenters. The Kier molecular flexibility index (Phi) is 6.51. The highest BCUT2D eigenvalue weighted by Crippen LogP contribution is 2.39. The molecule has 32 heavy (non-hydrogen) atoms. The predicted octanol–water partition coefficient (Wildman–Crippen LogP) is 4.78. The number of anilines is 2. The lowest BCUT2D eigenvalue weighted by Gasteiger charge is -2.29. The van der Waals surface area contributed by atoms with E-state index in [1.54, 1.807) is 30.8 Å². The van der Waals surface area contributed by atoms with E-state index in [1.165, 1.54) is 0 Å². The molecule has 0 spiro atoms. The topological polar surface area (TPSA) is 82.4 Å². The number of aromatic nitrogens is 2. The summed E-state index contributed by atoms with van der Waals surface area (Å²) < 4.78 is 28.4. The van der Waals surface area contributed by atoms with Crippen LogP contribution in [0.25, 0.3) is 11.1 Å². The number of hydrogen-bond acceptors (Lipinski definition) is 4. The fourth-order valence-electron chi connectivity index (χ4n) is 3.91. The first-order chi connectivity index (χ1) is 15.2. The largest absolute Gasteiger partial charge is 0.369 e. The molecule has 1 unspecified atom stereocenters. The lowest BCUT2D eigenvalue weighted by molar-refractivity contribution is 0.503. The van der Waals surface area contributed by atoms with Crippen molar-refractivity contribution in [3.63, 3.8) is 0 Å². The minimum absolute atomic E-state index is 0.0366. The second-order valence-corrected chi connectivity index (χ2v) is 10.3. The molecule has 0 bridgehead atoms. The van der Waals surface area contributed by atoms with Gasteiger partial charge in [0, 0.05) is 38.9 Å². The van der Waals surface area contributed by atoms with Crippen LogP contribution in [0.4, 0.5) is 11.4 Å². The standard InChI is InChI=1S/C22H25Cl2N5O2S/c1-14-21(15(2)28(3)26-14)27-32(30,31)22-19(23)12-17(13-20(22)24)16-5-4-6-18(11-16)29-9-7-25-8-10-29/h4-6,11-13,25H,7-10H2,1-3H3,(H-,27,30,31)/p+1. The average molecular weight is 495 g/mol. The number of piperazine rings is 1. The van der Waals surface area contributed by atoms with Gasteiger partial charge in [0.05, 0.1) is 11.4 Å². The zero-order valence-corrected chi connectivity index (χ0v) is 20.5. The lowest BCUT2D eigenvalue weighted by Crippen LogP contribution is -2.43. The summed E-state index contributed by atoms with van der Waals surface area (Å²) >= 11 is 13.0. The summed E-state index contributed by atoms with van der Waals surface area (Å²) in [6, 6.07) is 11.5. The van der Waals surface area contributed by atoms with Gasteiger partial charge in [-0.2, -0.15) is 14.4 Å². The Hall–Kier alpha value is -2.10. The molecule has 3 aromatic rings. The van der Waals surface area contributed by atoms with E-state index in [0.29, 0.717) is 11.4 Å². The molecular weight excluding hydrogens is 469 g/mol. The third-order valence-electron chi connectivity index (χ3n) is 5.69.